The van der Waals surface area contributed by atoms with Crippen molar-refractivity contribution in [2.24, 2.45) is 0 Å². The van der Waals surface area contributed by atoms with Crippen molar-refractivity contribution in [3.05, 3.63) is 12.2 Å². The molecular formula is C6H11NO4S. The van der Waals surface area contributed by atoms with E-state index in [1.54, 1.807) is 0 Å². The highest BCUT2D eigenvalue weighted by molar-refractivity contribution is 7.77. The fourth-order valence-electron chi connectivity index (χ4n) is 0.396. The van der Waals surface area contributed by atoms with Crippen LogP contribution in [0, 0.1) is 0 Å². The zero-order valence-corrected chi connectivity index (χ0v) is 7.52. The molecule has 0 aromatic carbocycles. The molecule has 12 heavy (non-hydrogen) atoms. The summed E-state index contributed by atoms with van der Waals surface area (Å²) in [5.74, 6) is -0.500. The molecule has 0 bridgehead atoms. The van der Waals surface area contributed by atoms with Crippen molar-refractivity contribution in [2.45, 2.75) is 6.92 Å². The van der Waals surface area contributed by atoms with Crippen LogP contribution >= 0.6 is 0 Å². The van der Waals surface area contributed by atoms with Crippen molar-refractivity contribution >= 4 is 17.2 Å². The first-order chi connectivity index (χ1) is 5.54. The Morgan fingerprint density at radius 1 is 1.75 bits per heavy atom. The number of esters is 1. The highest BCUT2D eigenvalue weighted by Gasteiger charge is 2.01. The van der Waals surface area contributed by atoms with Crippen LogP contribution in [0.1, 0.15) is 6.92 Å². The second-order valence-electron chi connectivity index (χ2n) is 2.06. The zero-order valence-electron chi connectivity index (χ0n) is 6.70. The molecule has 0 fully saturated rings. The van der Waals surface area contributed by atoms with Crippen LogP contribution in [-0.2, 0) is 20.8 Å². The topological polar surface area (TPSA) is 75.6 Å². The molecule has 1 unspecified atom stereocenters. The van der Waals surface area contributed by atoms with E-state index < -0.39 is 17.2 Å². The van der Waals surface area contributed by atoms with Gasteiger partial charge in [-0.05, 0) is 6.92 Å². The van der Waals surface area contributed by atoms with Crippen LogP contribution in [0.3, 0.4) is 0 Å². The zero-order chi connectivity index (χ0) is 9.56. The van der Waals surface area contributed by atoms with Gasteiger partial charge in [0.2, 0.25) is 11.3 Å². The van der Waals surface area contributed by atoms with Crippen molar-refractivity contribution in [3.8, 4) is 0 Å². The molecule has 0 saturated heterocycles. The second kappa shape index (κ2) is 5.87. The minimum absolute atomic E-state index is 0.0536. The third-order valence-electron chi connectivity index (χ3n) is 0.909. The van der Waals surface area contributed by atoms with Crippen molar-refractivity contribution in [1.82, 2.24) is 4.72 Å². The summed E-state index contributed by atoms with van der Waals surface area (Å²) in [6.07, 6.45) is 0. The predicted molar refractivity (Wildman–Crippen MR) is 44.5 cm³/mol. The van der Waals surface area contributed by atoms with E-state index in [2.05, 4.69) is 16.0 Å². The predicted octanol–water partition coefficient (Wildman–Crippen LogP) is -0.168. The van der Waals surface area contributed by atoms with Crippen LogP contribution in [0.2, 0.25) is 0 Å². The highest BCUT2D eigenvalue weighted by Crippen LogP contribution is 1.90. The van der Waals surface area contributed by atoms with E-state index in [4.69, 9.17) is 4.55 Å². The van der Waals surface area contributed by atoms with Crippen LogP contribution in [0.4, 0.5) is 0 Å². The number of hydrogen-bond acceptors (Lipinski definition) is 3. The largest absolute Gasteiger partial charge is 0.461 e. The molecule has 0 aliphatic carbocycles. The molecule has 0 aromatic rings. The van der Waals surface area contributed by atoms with Gasteiger partial charge in [-0.3, -0.25) is 4.55 Å². The number of carbonyl (C=O) groups excluding carboxylic acids is 1. The lowest BCUT2D eigenvalue weighted by Crippen LogP contribution is -2.22. The highest BCUT2D eigenvalue weighted by atomic mass is 32.2. The quantitative estimate of drug-likeness (QED) is 0.275. The maximum atomic E-state index is 10.7. The molecule has 0 spiro atoms. The molecule has 6 heteroatoms. The lowest BCUT2D eigenvalue weighted by Gasteiger charge is -2.02. The summed E-state index contributed by atoms with van der Waals surface area (Å²) in [4.78, 5) is 10.7. The Hall–Kier alpha value is -0.720. The third-order valence-corrected chi connectivity index (χ3v) is 1.36. The number of nitrogens with one attached hydrogen (secondary N) is 1. The van der Waals surface area contributed by atoms with E-state index in [0.717, 1.165) is 0 Å². The van der Waals surface area contributed by atoms with Crippen LogP contribution < -0.4 is 4.72 Å². The number of ether oxygens (including phenoxy) is 1. The van der Waals surface area contributed by atoms with Crippen molar-refractivity contribution < 1.29 is 18.3 Å². The monoisotopic (exact) mass is 193 g/mol. The lowest BCUT2D eigenvalue weighted by atomic mass is 10.4. The van der Waals surface area contributed by atoms with E-state index in [-0.39, 0.29) is 13.2 Å². The Bertz CT molecular complexity index is 204. The first kappa shape index (κ1) is 11.3. The average Bonchev–Trinajstić information content (AvgIpc) is 1.97. The Morgan fingerprint density at radius 2 is 2.33 bits per heavy atom. The van der Waals surface area contributed by atoms with E-state index in [9.17, 15) is 9.00 Å². The third kappa shape index (κ3) is 6.02. The second-order valence-corrected chi connectivity index (χ2v) is 2.85. The summed E-state index contributed by atoms with van der Waals surface area (Å²) in [5.41, 5.74) is 0.306. The van der Waals surface area contributed by atoms with Gasteiger partial charge in [0.25, 0.3) is 0 Å². The smallest absolute Gasteiger partial charge is 0.333 e. The van der Waals surface area contributed by atoms with Crippen LogP contribution in [0.5, 0.6) is 0 Å². The van der Waals surface area contributed by atoms with E-state index in [1.807, 2.05) is 0 Å². The van der Waals surface area contributed by atoms with Crippen molar-refractivity contribution in [2.75, 3.05) is 13.2 Å². The standard InChI is InChI=1S/C6H11NO4S/c1-5(2)6(8)11-4-3-7-12(9)10/h7H,1,3-4H2,2H3,(H,9,10). The number of hydrogen-bond donors (Lipinski definition) is 2. The van der Waals surface area contributed by atoms with Gasteiger partial charge in [-0.2, -0.15) is 0 Å². The Kier molecular flexibility index (Phi) is 5.52. The van der Waals surface area contributed by atoms with Gasteiger partial charge < -0.3 is 4.74 Å². The summed E-state index contributed by atoms with van der Waals surface area (Å²) in [5, 5.41) is 0. The Balaban J connectivity index is 3.38. The summed E-state index contributed by atoms with van der Waals surface area (Å²) in [7, 11) is 0. The molecule has 70 valence electrons. The molecule has 0 aliphatic heterocycles. The Labute approximate surface area is 73.2 Å². The molecule has 0 radical (unpaired) electrons. The van der Waals surface area contributed by atoms with Gasteiger partial charge in [0.15, 0.2) is 0 Å². The van der Waals surface area contributed by atoms with Crippen LogP contribution in [0.15, 0.2) is 12.2 Å². The van der Waals surface area contributed by atoms with Crippen molar-refractivity contribution in [1.29, 1.82) is 0 Å². The maximum absolute atomic E-state index is 10.7. The van der Waals surface area contributed by atoms with E-state index in [0.29, 0.717) is 5.57 Å². The summed E-state index contributed by atoms with van der Waals surface area (Å²) >= 11 is -2.05. The van der Waals surface area contributed by atoms with Gasteiger partial charge in [0, 0.05) is 12.1 Å². The van der Waals surface area contributed by atoms with Gasteiger partial charge in [-0.25, -0.2) is 13.7 Å². The SMILES string of the molecule is C=C(C)C(=O)OCCNS(=O)O. The minimum Gasteiger partial charge on any atom is -0.461 e. The van der Waals surface area contributed by atoms with Crippen molar-refractivity contribution in [3.63, 3.8) is 0 Å². The summed E-state index contributed by atoms with van der Waals surface area (Å²) < 4.78 is 25.0. The van der Waals surface area contributed by atoms with Gasteiger partial charge in [0.05, 0.1) is 0 Å². The molecule has 2 N–H and O–H groups in total. The molecule has 5 nitrogen and oxygen atoms in total. The molecule has 0 aliphatic rings. The average molecular weight is 193 g/mol. The van der Waals surface area contributed by atoms with Gasteiger partial charge in [0.1, 0.15) is 6.61 Å². The number of rotatable bonds is 5. The van der Waals surface area contributed by atoms with Gasteiger partial charge >= 0.3 is 5.97 Å². The van der Waals surface area contributed by atoms with Crippen LogP contribution in [-0.4, -0.2) is 27.9 Å². The molecule has 0 saturated carbocycles. The van der Waals surface area contributed by atoms with Gasteiger partial charge in [-0.15, -0.1) is 0 Å². The number of carbonyl (C=O) groups is 1. The minimum atomic E-state index is -2.05. The lowest BCUT2D eigenvalue weighted by molar-refractivity contribution is -0.138. The maximum Gasteiger partial charge on any atom is 0.333 e. The molecule has 0 rings (SSSR count). The first-order valence-electron chi connectivity index (χ1n) is 3.21. The molecule has 0 aromatic heterocycles. The Morgan fingerprint density at radius 3 is 2.75 bits per heavy atom. The van der Waals surface area contributed by atoms with Gasteiger partial charge in [-0.1, -0.05) is 6.58 Å². The fraction of sp³-hybridized carbons (Fsp3) is 0.500. The molecule has 0 heterocycles. The summed E-state index contributed by atoms with van der Waals surface area (Å²) in [6.45, 7) is 5.09. The molecule has 0 amide bonds. The van der Waals surface area contributed by atoms with Crippen LogP contribution in [0.25, 0.3) is 0 Å². The fourth-order valence-corrected chi connectivity index (χ4v) is 0.654. The van der Waals surface area contributed by atoms with E-state index in [1.165, 1.54) is 6.92 Å². The first-order valence-corrected chi connectivity index (χ1v) is 4.31. The normalized spacial score (nSPS) is 12.2. The molecular weight excluding hydrogens is 182 g/mol. The summed E-state index contributed by atoms with van der Waals surface area (Å²) in [6, 6.07) is 0. The van der Waals surface area contributed by atoms with E-state index >= 15 is 0 Å². The molecule has 1 atom stereocenters.